The molecule has 2 aromatic rings. The molecule has 14 nitrogen and oxygen atoms in total. The number of anilines is 1. The van der Waals surface area contributed by atoms with Crippen LogP contribution >= 0.6 is 0 Å². The molecule has 2 unspecified atom stereocenters. The zero-order chi connectivity index (χ0) is 26.0. The van der Waals surface area contributed by atoms with Crippen molar-refractivity contribution < 1.29 is 28.9 Å². The first kappa shape index (κ1) is 27.6. The van der Waals surface area contributed by atoms with Crippen LogP contribution in [0.3, 0.4) is 0 Å². The molecule has 14 heteroatoms. The minimum absolute atomic E-state index is 0.0147. The van der Waals surface area contributed by atoms with Gasteiger partial charge in [-0.15, -0.1) is 0 Å². The van der Waals surface area contributed by atoms with Crippen molar-refractivity contribution in [3.63, 3.8) is 0 Å². The number of ketones is 1. The lowest BCUT2D eigenvalue weighted by Gasteiger charge is -2.24. The number of nitrogens with zero attached hydrogens (tertiary/aromatic N) is 5. The van der Waals surface area contributed by atoms with E-state index in [4.69, 9.17) is 4.74 Å². The highest BCUT2D eigenvalue weighted by molar-refractivity contribution is 5.93. The summed E-state index contributed by atoms with van der Waals surface area (Å²) in [5, 5.41) is 22.0. The number of ether oxygens (including phenoxy) is 1. The van der Waals surface area contributed by atoms with E-state index in [1.165, 1.54) is 24.1 Å². The number of rotatable bonds is 15. The number of aryl methyl sites for hydroxylation is 1. The summed E-state index contributed by atoms with van der Waals surface area (Å²) in [6, 6.07) is -2.24. The number of methoxy groups -OCH3 is 1. The number of carboxylic acid groups (broad SMARTS) is 1. The van der Waals surface area contributed by atoms with Gasteiger partial charge in [-0.25, -0.2) is 9.61 Å². The van der Waals surface area contributed by atoms with Gasteiger partial charge in [0.25, 0.3) is 5.56 Å². The Balaban J connectivity index is 2.17. The normalized spacial score (nSPS) is 12.8. The SMILES string of the molecule is CCC(C(=O)NC(CC(=O)O)C(=O)CN(C)CCOC)n1ccnc(NCc2nonc2C)c1=O. The molecule has 0 spiro atoms. The number of amides is 1. The number of carbonyl (C=O) groups excluding carboxylic acids is 2. The van der Waals surface area contributed by atoms with Crippen molar-refractivity contribution in [2.45, 2.75) is 45.3 Å². The Morgan fingerprint density at radius 2 is 2.06 bits per heavy atom. The highest BCUT2D eigenvalue weighted by Crippen LogP contribution is 2.12. The number of Topliss-reactive ketones (excluding diaryl/α,β-unsaturated/α-hetero) is 1. The van der Waals surface area contributed by atoms with Crippen LogP contribution in [0.1, 0.15) is 37.2 Å². The summed E-state index contributed by atoms with van der Waals surface area (Å²) in [5.74, 6) is -2.36. The van der Waals surface area contributed by atoms with Gasteiger partial charge in [0.2, 0.25) is 5.91 Å². The molecule has 35 heavy (non-hydrogen) atoms. The zero-order valence-electron chi connectivity index (χ0n) is 20.2. The third-order valence-electron chi connectivity index (χ3n) is 5.25. The molecule has 0 fully saturated rings. The second-order valence-electron chi connectivity index (χ2n) is 7.92. The van der Waals surface area contributed by atoms with Crippen molar-refractivity contribution in [3.05, 3.63) is 34.1 Å². The average Bonchev–Trinajstić information content (AvgIpc) is 3.22. The summed E-state index contributed by atoms with van der Waals surface area (Å²) < 4.78 is 10.8. The lowest BCUT2D eigenvalue weighted by atomic mass is 10.1. The average molecular weight is 494 g/mol. The van der Waals surface area contributed by atoms with Gasteiger partial charge in [0.15, 0.2) is 11.6 Å². The van der Waals surface area contributed by atoms with Gasteiger partial charge < -0.3 is 20.5 Å². The molecule has 2 aromatic heterocycles. The molecular weight excluding hydrogens is 462 g/mol. The topological polar surface area (TPSA) is 182 Å². The van der Waals surface area contributed by atoms with Gasteiger partial charge in [-0.3, -0.25) is 28.6 Å². The van der Waals surface area contributed by atoms with Gasteiger partial charge in [0, 0.05) is 26.0 Å². The Morgan fingerprint density at radius 3 is 2.66 bits per heavy atom. The van der Waals surface area contributed by atoms with Gasteiger partial charge in [-0.05, 0) is 20.4 Å². The summed E-state index contributed by atoms with van der Waals surface area (Å²) in [6.07, 6.45) is 2.35. The van der Waals surface area contributed by atoms with Crippen molar-refractivity contribution in [1.29, 1.82) is 0 Å². The quantitative estimate of drug-likeness (QED) is 0.292. The predicted molar refractivity (Wildman–Crippen MR) is 123 cm³/mol. The smallest absolute Gasteiger partial charge is 0.305 e. The van der Waals surface area contributed by atoms with Crippen LogP contribution < -0.4 is 16.2 Å². The molecule has 0 aliphatic heterocycles. The number of hydrogen-bond acceptors (Lipinski definition) is 11. The molecule has 0 aliphatic rings. The summed E-state index contributed by atoms with van der Waals surface area (Å²) in [7, 11) is 3.22. The van der Waals surface area contributed by atoms with E-state index in [1.54, 1.807) is 25.8 Å². The number of carbonyl (C=O) groups is 3. The highest BCUT2D eigenvalue weighted by Gasteiger charge is 2.29. The van der Waals surface area contributed by atoms with E-state index in [9.17, 15) is 24.3 Å². The molecule has 0 saturated carbocycles. The van der Waals surface area contributed by atoms with Crippen molar-refractivity contribution in [3.8, 4) is 0 Å². The predicted octanol–water partition coefficient (Wildman–Crippen LogP) is -0.395. The van der Waals surface area contributed by atoms with Crippen molar-refractivity contribution in [2.24, 2.45) is 0 Å². The van der Waals surface area contributed by atoms with Crippen LogP contribution in [0.15, 0.2) is 21.8 Å². The van der Waals surface area contributed by atoms with Crippen LogP contribution in [0.4, 0.5) is 5.82 Å². The Kier molecular flexibility index (Phi) is 10.5. The van der Waals surface area contributed by atoms with Gasteiger partial charge in [0.1, 0.15) is 17.4 Å². The minimum Gasteiger partial charge on any atom is -0.481 e. The Bertz CT molecular complexity index is 1070. The Labute approximate surface area is 201 Å². The lowest BCUT2D eigenvalue weighted by molar-refractivity contribution is -0.140. The Morgan fingerprint density at radius 1 is 1.31 bits per heavy atom. The maximum atomic E-state index is 13.1. The fourth-order valence-electron chi connectivity index (χ4n) is 3.27. The molecule has 1 amide bonds. The van der Waals surface area contributed by atoms with Crippen LogP contribution in [0.5, 0.6) is 0 Å². The number of nitrogens with one attached hydrogen (secondary N) is 2. The first-order chi connectivity index (χ1) is 16.7. The molecule has 192 valence electrons. The van der Waals surface area contributed by atoms with Crippen molar-refractivity contribution in [1.82, 2.24) is 30.1 Å². The second-order valence-corrected chi connectivity index (χ2v) is 7.92. The van der Waals surface area contributed by atoms with Crippen molar-refractivity contribution >= 4 is 23.5 Å². The molecule has 0 bridgehead atoms. The monoisotopic (exact) mass is 493 g/mol. The number of carboxylic acids is 1. The Hall–Kier alpha value is -3.65. The molecule has 0 aromatic carbocycles. The zero-order valence-corrected chi connectivity index (χ0v) is 20.2. The molecule has 0 saturated heterocycles. The lowest BCUT2D eigenvalue weighted by Crippen LogP contribution is -2.49. The largest absolute Gasteiger partial charge is 0.481 e. The summed E-state index contributed by atoms with van der Waals surface area (Å²) >= 11 is 0. The maximum absolute atomic E-state index is 13.1. The minimum atomic E-state index is -1.25. The second kappa shape index (κ2) is 13.3. The highest BCUT2D eigenvalue weighted by atomic mass is 16.6. The van der Waals surface area contributed by atoms with Crippen LogP contribution in [-0.2, 0) is 25.7 Å². The first-order valence-corrected chi connectivity index (χ1v) is 11.0. The van der Waals surface area contributed by atoms with E-state index in [-0.39, 0.29) is 25.3 Å². The van der Waals surface area contributed by atoms with Gasteiger partial charge in [0.05, 0.1) is 32.2 Å². The fourth-order valence-corrected chi connectivity index (χ4v) is 3.27. The first-order valence-electron chi connectivity index (χ1n) is 11.0. The number of aliphatic carboxylic acids is 1. The van der Waals surface area contributed by atoms with Gasteiger partial charge in [-0.2, -0.15) is 0 Å². The number of hydrogen-bond donors (Lipinski definition) is 3. The third kappa shape index (κ3) is 7.96. The van der Waals surface area contributed by atoms with Crippen LogP contribution in [-0.4, -0.2) is 87.4 Å². The van der Waals surface area contributed by atoms with E-state index in [1.807, 2.05) is 0 Å². The van der Waals surface area contributed by atoms with E-state index >= 15 is 0 Å². The molecule has 3 N–H and O–H groups in total. The molecule has 2 heterocycles. The van der Waals surface area contributed by atoms with Crippen LogP contribution in [0, 0.1) is 6.92 Å². The molecule has 2 rings (SSSR count). The molecule has 2 atom stereocenters. The molecule has 0 radical (unpaired) electrons. The van der Waals surface area contributed by atoms with E-state index in [0.29, 0.717) is 24.5 Å². The fraction of sp³-hybridized carbons (Fsp3) is 0.571. The number of aromatic nitrogens is 4. The third-order valence-corrected chi connectivity index (χ3v) is 5.25. The standard InChI is InChI=1S/C21H31N7O7/c1-5-16(20(32)24-14(10-18(30)31)17(29)12-27(3)8-9-34-4)28-7-6-22-19(21(28)33)23-11-15-13(2)25-35-26-15/h6-7,14,16H,5,8-12H2,1-4H3,(H,22,23)(H,24,32)(H,30,31). The molecule has 0 aliphatic carbocycles. The van der Waals surface area contributed by atoms with E-state index < -0.39 is 41.7 Å². The summed E-state index contributed by atoms with van der Waals surface area (Å²) in [6.45, 7) is 4.31. The van der Waals surface area contributed by atoms with Crippen molar-refractivity contribution in [2.75, 3.05) is 39.2 Å². The van der Waals surface area contributed by atoms with Gasteiger partial charge >= 0.3 is 5.97 Å². The number of likely N-dealkylation sites (N-methyl/N-ethyl adjacent to an activating group) is 1. The van der Waals surface area contributed by atoms with Crippen LogP contribution in [0.2, 0.25) is 0 Å². The summed E-state index contributed by atoms with van der Waals surface area (Å²) in [4.78, 5) is 55.8. The maximum Gasteiger partial charge on any atom is 0.305 e. The van der Waals surface area contributed by atoms with E-state index in [0.717, 1.165) is 0 Å². The van der Waals surface area contributed by atoms with E-state index in [2.05, 4.69) is 30.6 Å². The van der Waals surface area contributed by atoms with Crippen LogP contribution in [0.25, 0.3) is 0 Å². The molecular formula is C21H31N7O7. The van der Waals surface area contributed by atoms with Gasteiger partial charge in [-0.1, -0.05) is 17.2 Å². The summed E-state index contributed by atoms with van der Waals surface area (Å²) in [5.41, 5.74) is 0.488.